The maximum atomic E-state index is 4.59. The smallest absolute Gasteiger partial charge is 0.202 e. The van der Waals surface area contributed by atoms with Crippen LogP contribution in [0.2, 0.25) is 0 Å². The number of hydrogen-bond acceptors (Lipinski definition) is 5. The van der Waals surface area contributed by atoms with Crippen LogP contribution in [0, 0.1) is 0 Å². The maximum Gasteiger partial charge on any atom is 0.202 e. The van der Waals surface area contributed by atoms with Crippen LogP contribution in [0.25, 0.3) is 0 Å². The Kier molecular flexibility index (Phi) is 3.95. The maximum absolute atomic E-state index is 4.59. The van der Waals surface area contributed by atoms with Crippen LogP contribution in [-0.2, 0) is 11.8 Å². The summed E-state index contributed by atoms with van der Waals surface area (Å²) in [4.78, 5) is 4.59. The van der Waals surface area contributed by atoms with E-state index >= 15 is 0 Å². The molecular formula is C16H22N4S. The molecular weight excluding hydrogens is 280 g/mol. The Balaban J connectivity index is 1.68. The van der Waals surface area contributed by atoms with Crippen molar-refractivity contribution in [1.29, 1.82) is 0 Å². The number of nitrogens with one attached hydrogen (secondary N) is 2. The fraction of sp³-hybridized carbons (Fsp3) is 0.500. The molecule has 1 unspecified atom stereocenters. The van der Waals surface area contributed by atoms with Gasteiger partial charge in [0.25, 0.3) is 0 Å². The molecule has 2 heterocycles. The zero-order valence-corrected chi connectivity index (χ0v) is 13.6. The van der Waals surface area contributed by atoms with E-state index in [9.17, 15) is 0 Å². The van der Waals surface area contributed by atoms with Gasteiger partial charge in [-0.05, 0) is 24.1 Å². The van der Waals surface area contributed by atoms with Crippen LogP contribution in [0.3, 0.4) is 0 Å². The third-order valence-electron chi connectivity index (χ3n) is 3.77. The van der Waals surface area contributed by atoms with Gasteiger partial charge in [0.15, 0.2) is 0 Å². The van der Waals surface area contributed by atoms with Crippen molar-refractivity contribution >= 4 is 16.7 Å². The first-order chi connectivity index (χ1) is 10.0. The van der Waals surface area contributed by atoms with Gasteiger partial charge in [0.2, 0.25) is 5.13 Å². The molecule has 0 radical (unpaired) electrons. The van der Waals surface area contributed by atoms with Gasteiger partial charge in [-0.2, -0.15) is 4.37 Å². The highest BCUT2D eigenvalue weighted by atomic mass is 32.1. The van der Waals surface area contributed by atoms with Crippen LogP contribution < -0.4 is 10.6 Å². The first-order valence-electron chi connectivity index (χ1n) is 7.43. The molecule has 21 heavy (non-hydrogen) atoms. The summed E-state index contributed by atoms with van der Waals surface area (Å²) in [6.07, 6.45) is 1.11. The van der Waals surface area contributed by atoms with Crippen LogP contribution >= 0.6 is 11.5 Å². The lowest BCUT2D eigenvalue weighted by molar-refractivity contribution is 0.522. The summed E-state index contributed by atoms with van der Waals surface area (Å²) in [6, 6.07) is 9.02. The van der Waals surface area contributed by atoms with Crippen molar-refractivity contribution in [2.24, 2.45) is 0 Å². The van der Waals surface area contributed by atoms with Crippen molar-refractivity contribution in [2.45, 2.75) is 38.6 Å². The lowest BCUT2D eigenvalue weighted by Crippen LogP contribution is -2.34. The number of benzene rings is 1. The van der Waals surface area contributed by atoms with E-state index in [0.717, 1.165) is 30.5 Å². The van der Waals surface area contributed by atoms with E-state index in [4.69, 9.17) is 0 Å². The van der Waals surface area contributed by atoms with Gasteiger partial charge >= 0.3 is 0 Å². The van der Waals surface area contributed by atoms with Crippen molar-refractivity contribution < 1.29 is 0 Å². The van der Waals surface area contributed by atoms with Gasteiger partial charge in [-0.15, -0.1) is 0 Å². The first-order valence-corrected chi connectivity index (χ1v) is 8.20. The summed E-state index contributed by atoms with van der Waals surface area (Å²) in [7, 11) is 0. The molecule has 0 fully saturated rings. The second-order valence-corrected chi connectivity index (χ2v) is 7.26. The molecule has 0 saturated carbocycles. The molecule has 4 nitrogen and oxygen atoms in total. The minimum atomic E-state index is 0.00607. The zero-order valence-electron chi connectivity index (χ0n) is 12.8. The summed E-state index contributed by atoms with van der Waals surface area (Å²) < 4.78 is 4.44. The first kappa shape index (κ1) is 14.5. The number of hydrogen-bond donors (Lipinski definition) is 2. The standard InChI is InChI=1S/C16H22N4S/c1-16(2,3)14-19-15(21-20-14)18-10-13-12-7-5-4-6-11(12)8-9-17-13/h4-7,13,17H,8-10H2,1-3H3,(H,18,19,20). The predicted molar refractivity (Wildman–Crippen MR) is 88.0 cm³/mol. The lowest BCUT2D eigenvalue weighted by Gasteiger charge is -2.27. The van der Waals surface area contributed by atoms with Crippen LogP contribution in [0.4, 0.5) is 5.13 Å². The molecule has 2 N–H and O–H groups in total. The molecule has 1 aromatic heterocycles. The molecule has 0 bridgehead atoms. The summed E-state index contributed by atoms with van der Waals surface area (Å²) in [5.41, 5.74) is 2.86. The molecule has 1 aliphatic heterocycles. The number of fused-ring (bicyclic) bond motifs is 1. The Labute approximate surface area is 130 Å². The zero-order chi connectivity index (χ0) is 14.9. The predicted octanol–water partition coefficient (Wildman–Crippen LogP) is 3.13. The molecule has 2 aromatic rings. The quantitative estimate of drug-likeness (QED) is 0.914. The molecule has 5 heteroatoms. The summed E-state index contributed by atoms with van der Waals surface area (Å²) in [6.45, 7) is 8.29. The minimum Gasteiger partial charge on any atom is -0.358 e. The molecule has 0 saturated heterocycles. The number of aromatic nitrogens is 2. The van der Waals surface area contributed by atoms with Gasteiger partial charge in [0.1, 0.15) is 5.82 Å². The molecule has 3 rings (SSSR count). The number of rotatable bonds is 3. The van der Waals surface area contributed by atoms with Crippen molar-refractivity contribution in [3.63, 3.8) is 0 Å². The Morgan fingerprint density at radius 3 is 2.90 bits per heavy atom. The fourth-order valence-corrected chi connectivity index (χ4v) is 3.33. The molecule has 0 aliphatic carbocycles. The van der Waals surface area contributed by atoms with Crippen LogP contribution in [0.15, 0.2) is 24.3 Å². The highest BCUT2D eigenvalue weighted by Gasteiger charge is 2.21. The van der Waals surface area contributed by atoms with Gasteiger partial charge in [-0.3, -0.25) is 0 Å². The topological polar surface area (TPSA) is 49.8 Å². The van der Waals surface area contributed by atoms with Crippen molar-refractivity contribution in [2.75, 3.05) is 18.4 Å². The van der Waals surface area contributed by atoms with Crippen LogP contribution in [0.1, 0.15) is 43.8 Å². The molecule has 0 spiro atoms. The molecule has 1 atom stereocenters. The second kappa shape index (κ2) is 5.73. The van der Waals surface area contributed by atoms with E-state index in [-0.39, 0.29) is 5.41 Å². The Hall–Kier alpha value is -1.46. The molecule has 0 amide bonds. The third kappa shape index (κ3) is 3.24. The van der Waals surface area contributed by atoms with Crippen LogP contribution in [0.5, 0.6) is 0 Å². The summed E-state index contributed by atoms with van der Waals surface area (Å²) in [5.74, 6) is 0.909. The number of nitrogens with zero attached hydrogens (tertiary/aromatic N) is 2. The van der Waals surface area contributed by atoms with E-state index < -0.39 is 0 Å². The SMILES string of the molecule is CC(C)(C)c1nsc(NCC2NCCc3ccccc32)n1. The average molecular weight is 302 g/mol. The Morgan fingerprint density at radius 1 is 1.33 bits per heavy atom. The monoisotopic (exact) mass is 302 g/mol. The molecule has 1 aliphatic rings. The Bertz CT molecular complexity index is 615. The third-order valence-corrected chi connectivity index (χ3v) is 4.44. The van der Waals surface area contributed by atoms with Crippen LogP contribution in [-0.4, -0.2) is 22.4 Å². The van der Waals surface area contributed by atoms with Gasteiger partial charge in [-0.25, -0.2) is 4.98 Å². The molecule has 1 aromatic carbocycles. The van der Waals surface area contributed by atoms with Gasteiger partial charge in [0, 0.05) is 29.5 Å². The highest BCUT2D eigenvalue weighted by Crippen LogP contribution is 2.25. The van der Waals surface area contributed by atoms with Crippen molar-refractivity contribution in [1.82, 2.24) is 14.7 Å². The van der Waals surface area contributed by atoms with E-state index in [2.05, 4.69) is 65.0 Å². The number of anilines is 1. The van der Waals surface area contributed by atoms with E-state index in [0.29, 0.717) is 6.04 Å². The van der Waals surface area contributed by atoms with E-state index in [1.54, 1.807) is 0 Å². The van der Waals surface area contributed by atoms with Gasteiger partial charge in [0.05, 0.1) is 0 Å². The summed E-state index contributed by atoms with van der Waals surface area (Å²) >= 11 is 1.45. The van der Waals surface area contributed by atoms with Crippen molar-refractivity contribution in [3.8, 4) is 0 Å². The normalized spacial score (nSPS) is 18.3. The summed E-state index contributed by atoms with van der Waals surface area (Å²) in [5, 5.41) is 7.91. The minimum absolute atomic E-state index is 0.00607. The lowest BCUT2D eigenvalue weighted by atomic mass is 9.94. The van der Waals surface area contributed by atoms with Crippen molar-refractivity contribution in [3.05, 3.63) is 41.2 Å². The highest BCUT2D eigenvalue weighted by molar-refractivity contribution is 7.09. The molecule has 112 valence electrons. The average Bonchev–Trinajstić information content (AvgIpc) is 2.94. The van der Waals surface area contributed by atoms with Gasteiger partial charge in [-0.1, -0.05) is 45.0 Å². The fourth-order valence-electron chi connectivity index (χ4n) is 2.56. The van der Waals surface area contributed by atoms with Gasteiger partial charge < -0.3 is 10.6 Å². The van der Waals surface area contributed by atoms with E-state index in [1.807, 2.05) is 0 Å². The Morgan fingerprint density at radius 2 is 2.14 bits per heavy atom. The van der Waals surface area contributed by atoms with E-state index in [1.165, 1.54) is 22.7 Å². The largest absolute Gasteiger partial charge is 0.358 e. The second-order valence-electron chi connectivity index (χ2n) is 6.51.